The molecule has 0 aliphatic heterocycles. The Morgan fingerprint density at radius 1 is 0.684 bits per heavy atom. The first-order valence-electron chi connectivity index (χ1n) is 5.34. The molecule has 2 aromatic rings. The second kappa shape index (κ2) is 5.87. The SMILES string of the molecule is O=C(Cl)c1ccc(Oc2ccc(C(=O)Cl)cc2)cc1. The normalized spacial score (nSPS) is 10.0. The molecule has 3 nitrogen and oxygen atoms in total. The predicted octanol–water partition coefficient (Wildman–Crippen LogP) is 4.24. The lowest BCUT2D eigenvalue weighted by Crippen LogP contribution is -1.90. The van der Waals surface area contributed by atoms with Crippen LogP contribution in [-0.4, -0.2) is 10.5 Å². The van der Waals surface area contributed by atoms with E-state index in [1.807, 2.05) is 0 Å². The van der Waals surface area contributed by atoms with Crippen LogP contribution in [0.2, 0.25) is 0 Å². The van der Waals surface area contributed by atoms with Crippen LogP contribution in [0.1, 0.15) is 20.7 Å². The first-order chi connectivity index (χ1) is 9.06. The number of hydrogen-bond donors (Lipinski definition) is 0. The van der Waals surface area contributed by atoms with Gasteiger partial charge in [0.15, 0.2) is 0 Å². The van der Waals surface area contributed by atoms with Gasteiger partial charge < -0.3 is 4.74 Å². The highest BCUT2D eigenvalue weighted by Crippen LogP contribution is 2.22. The molecule has 19 heavy (non-hydrogen) atoms. The fourth-order valence-corrected chi connectivity index (χ4v) is 1.70. The molecular weight excluding hydrogens is 287 g/mol. The molecule has 0 bridgehead atoms. The van der Waals surface area contributed by atoms with Gasteiger partial charge in [0.1, 0.15) is 11.5 Å². The zero-order valence-corrected chi connectivity index (χ0v) is 11.1. The van der Waals surface area contributed by atoms with Crippen LogP contribution < -0.4 is 4.74 Å². The third kappa shape index (κ3) is 3.56. The summed E-state index contributed by atoms with van der Waals surface area (Å²) in [6.07, 6.45) is 0. The van der Waals surface area contributed by atoms with Crippen LogP contribution in [0, 0.1) is 0 Å². The molecule has 0 fully saturated rings. The molecule has 0 heterocycles. The van der Waals surface area contributed by atoms with Crippen molar-refractivity contribution in [2.24, 2.45) is 0 Å². The van der Waals surface area contributed by atoms with E-state index in [1.54, 1.807) is 48.5 Å². The number of carbonyl (C=O) groups is 2. The van der Waals surface area contributed by atoms with Crippen molar-refractivity contribution in [3.05, 3.63) is 59.7 Å². The van der Waals surface area contributed by atoms with Crippen molar-refractivity contribution in [3.8, 4) is 11.5 Å². The summed E-state index contributed by atoms with van der Waals surface area (Å²) in [6.45, 7) is 0. The van der Waals surface area contributed by atoms with E-state index in [4.69, 9.17) is 27.9 Å². The summed E-state index contributed by atoms with van der Waals surface area (Å²) in [5.74, 6) is 1.12. The Kier molecular flexibility index (Phi) is 4.20. The Balaban J connectivity index is 2.12. The summed E-state index contributed by atoms with van der Waals surface area (Å²) in [6, 6.07) is 12.8. The van der Waals surface area contributed by atoms with Crippen molar-refractivity contribution in [1.82, 2.24) is 0 Å². The van der Waals surface area contributed by atoms with Gasteiger partial charge in [0.05, 0.1) is 0 Å². The Bertz CT molecular complexity index is 548. The lowest BCUT2D eigenvalue weighted by Gasteiger charge is -2.06. The van der Waals surface area contributed by atoms with Gasteiger partial charge in [-0.2, -0.15) is 0 Å². The van der Waals surface area contributed by atoms with E-state index < -0.39 is 10.5 Å². The average Bonchev–Trinajstić information content (AvgIpc) is 2.40. The molecule has 5 heteroatoms. The Labute approximate surface area is 119 Å². The van der Waals surface area contributed by atoms with Gasteiger partial charge in [0, 0.05) is 11.1 Å². The first kappa shape index (κ1) is 13.6. The van der Waals surface area contributed by atoms with Gasteiger partial charge in [0.25, 0.3) is 10.5 Å². The largest absolute Gasteiger partial charge is 0.457 e. The number of hydrogen-bond acceptors (Lipinski definition) is 3. The number of benzene rings is 2. The molecule has 0 amide bonds. The maximum atomic E-state index is 10.9. The highest BCUT2D eigenvalue weighted by Gasteiger charge is 2.04. The third-order valence-electron chi connectivity index (χ3n) is 2.40. The zero-order chi connectivity index (χ0) is 13.8. The van der Waals surface area contributed by atoms with Crippen molar-refractivity contribution >= 4 is 33.7 Å². The molecule has 0 spiro atoms. The smallest absolute Gasteiger partial charge is 0.252 e. The predicted molar refractivity (Wildman–Crippen MR) is 73.3 cm³/mol. The molecule has 0 unspecified atom stereocenters. The van der Waals surface area contributed by atoms with E-state index in [1.165, 1.54) is 0 Å². The first-order valence-corrected chi connectivity index (χ1v) is 6.09. The van der Waals surface area contributed by atoms with Gasteiger partial charge in [-0.25, -0.2) is 0 Å². The van der Waals surface area contributed by atoms with Gasteiger partial charge in [0.2, 0.25) is 0 Å². The molecular formula is C14H8Cl2O3. The van der Waals surface area contributed by atoms with Crippen molar-refractivity contribution in [1.29, 1.82) is 0 Å². The standard InChI is InChI=1S/C14H8Cl2O3/c15-13(17)9-1-5-11(6-2-9)19-12-7-3-10(4-8-12)14(16)18/h1-8H. The lowest BCUT2D eigenvalue weighted by atomic mass is 10.2. The van der Waals surface area contributed by atoms with Crippen LogP contribution in [0.5, 0.6) is 11.5 Å². The van der Waals surface area contributed by atoms with Crippen molar-refractivity contribution in [2.75, 3.05) is 0 Å². The van der Waals surface area contributed by atoms with Crippen LogP contribution in [0.15, 0.2) is 48.5 Å². The van der Waals surface area contributed by atoms with Crippen molar-refractivity contribution < 1.29 is 14.3 Å². The van der Waals surface area contributed by atoms with E-state index in [0.29, 0.717) is 22.6 Å². The Morgan fingerprint density at radius 3 is 1.26 bits per heavy atom. The Hall–Kier alpha value is -1.84. The van der Waals surface area contributed by atoms with Crippen LogP contribution in [0.3, 0.4) is 0 Å². The van der Waals surface area contributed by atoms with Gasteiger partial charge in [-0.05, 0) is 71.7 Å². The summed E-state index contributed by atoms with van der Waals surface area (Å²) >= 11 is 10.7. The van der Waals surface area contributed by atoms with Crippen LogP contribution in [0.25, 0.3) is 0 Å². The molecule has 0 aromatic heterocycles. The van der Waals surface area contributed by atoms with Crippen molar-refractivity contribution in [2.45, 2.75) is 0 Å². The molecule has 0 N–H and O–H groups in total. The number of halogens is 2. The molecule has 0 aliphatic carbocycles. The minimum atomic E-state index is -0.517. The average molecular weight is 295 g/mol. The molecule has 0 saturated heterocycles. The maximum Gasteiger partial charge on any atom is 0.252 e. The topological polar surface area (TPSA) is 43.4 Å². The van der Waals surface area contributed by atoms with Gasteiger partial charge in [-0.1, -0.05) is 0 Å². The zero-order valence-electron chi connectivity index (χ0n) is 9.60. The van der Waals surface area contributed by atoms with Gasteiger partial charge in [-0.3, -0.25) is 9.59 Å². The van der Waals surface area contributed by atoms with Gasteiger partial charge in [-0.15, -0.1) is 0 Å². The monoisotopic (exact) mass is 294 g/mol. The van der Waals surface area contributed by atoms with E-state index in [-0.39, 0.29) is 0 Å². The molecule has 0 atom stereocenters. The van der Waals surface area contributed by atoms with E-state index in [0.717, 1.165) is 0 Å². The molecule has 0 aliphatic rings. The minimum Gasteiger partial charge on any atom is -0.457 e. The lowest BCUT2D eigenvalue weighted by molar-refractivity contribution is 0.107. The summed E-state index contributed by atoms with van der Waals surface area (Å²) in [5, 5.41) is -1.03. The molecule has 2 aromatic carbocycles. The fraction of sp³-hybridized carbons (Fsp3) is 0. The molecule has 2 rings (SSSR count). The van der Waals surface area contributed by atoms with E-state index in [2.05, 4.69) is 0 Å². The van der Waals surface area contributed by atoms with E-state index in [9.17, 15) is 9.59 Å². The van der Waals surface area contributed by atoms with Crippen LogP contribution >= 0.6 is 23.2 Å². The highest BCUT2D eigenvalue weighted by molar-refractivity contribution is 6.68. The molecule has 0 saturated carbocycles. The maximum absolute atomic E-state index is 10.9. The van der Waals surface area contributed by atoms with E-state index >= 15 is 0 Å². The van der Waals surface area contributed by atoms with Crippen LogP contribution in [-0.2, 0) is 0 Å². The van der Waals surface area contributed by atoms with Crippen molar-refractivity contribution in [3.63, 3.8) is 0 Å². The number of ether oxygens (including phenoxy) is 1. The summed E-state index contributed by atoms with van der Waals surface area (Å²) in [5.41, 5.74) is 0.800. The molecule has 0 radical (unpaired) electrons. The third-order valence-corrected chi connectivity index (χ3v) is 2.83. The Morgan fingerprint density at radius 2 is 1.00 bits per heavy atom. The fourth-order valence-electron chi connectivity index (χ4n) is 1.44. The number of rotatable bonds is 4. The highest BCUT2D eigenvalue weighted by atomic mass is 35.5. The second-order valence-corrected chi connectivity index (χ2v) is 4.38. The molecule has 96 valence electrons. The summed E-state index contributed by atoms with van der Waals surface area (Å²) in [7, 11) is 0. The number of carbonyl (C=O) groups excluding carboxylic acids is 2. The summed E-state index contributed by atoms with van der Waals surface area (Å²) < 4.78 is 5.54. The quantitative estimate of drug-likeness (QED) is 0.792. The summed E-state index contributed by atoms with van der Waals surface area (Å²) in [4.78, 5) is 21.8. The van der Waals surface area contributed by atoms with Crippen LogP contribution in [0.4, 0.5) is 0 Å². The van der Waals surface area contributed by atoms with Gasteiger partial charge >= 0.3 is 0 Å². The second-order valence-electron chi connectivity index (χ2n) is 3.70. The minimum absolute atomic E-state index is 0.400.